The van der Waals surface area contributed by atoms with E-state index in [1.54, 1.807) is 13.8 Å². The van der Waals surface area contributed by atoms with E-state index in [0.29, 0.717) is 13.2 Å². The van der Waals surface area contributed by atoms with Crippen molar-refractivity contribution in [3.8, 4) is 0 Å². The van der Waals surface area contributed by atoms with E-state index >= 15 is 0 Å². The topological polar surface area (TPSA) is 44.8 Å². The van der Waals surface area contributed by atoms with E-state index < -0.39 is 7.82 Å². The number of phosphoric acid groups is 1. The number of halogens is 1. The van der Waals surface area contributed by atoms with Crippen LogP contribution >= 0.6 is 24.1 Å². The Morgan fingerprint density at radius 2 is 1.70 bits per heavy atom. The Balaban J connectivity index is 3.83. The van der Waals surface area contributed by atoms with E-state index in [2.05, 4.69) is 28.9 Å². The fourth-order valence-electron chi connectivity index (χ4n) is 0.393. The Hall–Kier alpha value is 0.590. The lowest BCUT2D eigenvalue weighted by Crippen LogP contribution is -1.94. The van der Waals surface area contributed by atoms with Crippen molar-refractivity contribution in [1.82, 2.24) is 0 Å². The molecule has 0 saturated heterocycles. The summed E-state index contributed by atoms with van der Waals surface area (Å²) >= 11 is 2.56. The summed E-state index contributed by atoms with van der Waals surface area (Å²) in [6.07, 6.45) is 0. The lowest BCUT2D eigenvalue weighted by atomic mass is 10.9. The monoisotopic (exact) mass is 232 g/mol. The summed E-state index contributed by atoms with van der Waals surface area (Å²) in [4.78, 5) is 0. The van der Waals surface area contributed by atoms with Gasteiger partial charge < -0.3 is 0 Å². The Bertz CT molecular complexity index is 118. The third-order valence-electron chi connectivity index (χ3n) is 0.659. The molecule has 0 aliphatic carbocycles. The van der Waals surface area contributed by atoms with Crippen molar-refractivity contribution in [2.24, 2.45) is 0 Å². The molecule has 0 bridgehead atoms. The molecule has 0 spiro atoms. The van der Waals surface area contributed by atoms with Gasteiger partial charge in [-0.05, 0) is 13.8 Å². The van der Waals surface area contributed by atoms with E-state index in [1.807, 2.05) is 0 Å². The first kappa shape index (κ1) is 10.6. The molecule has 0 aromatic carbocycles. The molecule has 0 heterocycles. The molecule has 0 atom stereocenters. The van der Waals surface area contributed by atoms with E-state index in [0.717, 1.165) is 0 Å². The van der Waals surface area contributed by atoms with Gasteiger partial charge in [0.05, 0.1) is 13.2 Å². The molecule has 0 saturated carbocycles. The summed E-state index contributed by atoms with van der Waals surface area (Å²) in [6.45, 7) is 4.00. The molecule has 0 fully saturated rings. The third kappa shape index (κ3) is 3.68. The van der Waals surface area contributed by atoms with E-state index in [4.69, 9.17) is 0 Å². The summed E-state index contributed by atoms with van der Waals surface area (Å²) in [6, 6.07) is 0. The van der Waals surface area contributed by atoms with Crippen molar-refractivity contribution in [3.63, 3.8) is 0 Å². The van der Waals surface area contributed by atoms with Crippen LogP contribution in [0.3, 0.4) is 0 Å². The van der Waals surface area contributed by atoms with E-state index in [1.165, 1.54) is 0 Å². The van der Waals surface area contributed by atoms with Gasteiger partial charge in [-0.15, -0.1) is 0 Å². The molecular formula is C4H10BrO4P. The van der Waals surface area contributed by atoms with Crippen molar-refractivity contribution >= 4 is 24.1 Å². The molecule has 0 aliphatic heterocycles. The first-order valence-electron chi connectivity index (χ1n) is 2.88. The van der Waals surface area contributed by atoms with Crippen LogP contribution in [-0.4, -0.2) is 13.2 Å². The maximum atomic E-state index is 11.1. The third-order valence-corrected chi connectivity index (χ3v) is 3.04. The van der Waals surface area contributed by atoms with Gasteiger partial charge in [-0.2, -0.15) is 0 Å². The molecular weight excluding hydrogens is 223 g/mol. The van der Waals surface area contributed by atoms with Crippen molar-refractivity contribution in [2.75, 3.05) is 13.2 Å². The predicted octanol–water partition coefficient (Wildman–Crippen LogP) is 2.49. The fourth-order valence-corrected chi connectivity index (χ4v) is 1.68. The van der Waals surface area contributed by atoms with Crippen LogP contribution in [0.1, 0.15) is 13.8 Å². The van der Waals surface area contributed by atoms with E-state index in [9.17, 15) is 4.57 Å². The minimum atomic E-state index is -3.28. The Kier molecular flexibility index (Phi) is 5.58. The normalized spacial score (nSPS) is 11.9. The highest BCUT2D eigenvalue weighted by Gasteiger charge is 2.23. The number of hydrogen-bond donors (Lipinski definition) is 0. The van der Waals surface area contributed by atoms with Crippen LogP contribution in [0.2, 0.25) is 0 Å². The molecule has 0 amide bonds. The number of rotatable bonds is 5. The molecule has 0 unspecified atom stereocenters. The van der Waals surface area contributed by atoms with Crippen LogP contribution in [0, 0.1) is 0 Å². The van der Waals surface area contributed by atoms with Crippen LogP contribution in [0.4, 0.5) is 0 Å². The van der Waals surface area contributed by atoms with Gasteiger partial charge in [0.1, 0.15) is 16.3 Å². The quantitative estimate of drug-likeness (QED) is 0.684. The summed E-state index contributed by atoms with van der Waals surface area (Å²) in [7, 11) is -3.28. The highest BCUT2D eigenvalue weighted by atomic mass is 79.9. The highest BCUT2D eigenvalue weighted by molar-refractivity contribution is 9.06. The molecule has 0 radical (unpaired) electrons. The van der Waals surface area contributed by atoms with Gasteiger partial charge >= 0.3 is 7.82 Å². The predicted molar refractivity (Wildman–Crippen MR) is 40.9 cm³/mol. The Labute approximate surface area is 68.9 Å². The Morgan fingerprint density at radius 1 is 1.30 bits per heavy atom. The maximum absolute atomic E-state index is 11.1. The largest absolute Gasteiger partial charge is 0.485 e. The summed E-state index contributed by atoms with van der Waals surface area (Å²) in [5.41, 5.74) is 0. The second-order valence-corrected chi connectivity index (χ2v) is 3.77. The summed E-state index contributed by atoms with van der Waals surface area (Å²) < 4.78 is 24.8. The van der Waals surface area contributed by atoms with Gasteiger partial charge in [0, 0.05) is 0 Å². The molecule has 10 heavy (non-hydrogen) atoms. The molecule has 4 nitrogen and oxygen atoms in total. The smallest absolute Gasteiger partial charge is 0.287 e. The van der Waals surface area contributed by atoms with Gasteiger partial charge in [-0.1, -0.05) is 0 Å². The molecule has 0 aromatic rings. The number of phosphoric ester groups is 1. The molecule has 0 rings (SSSR count). The molecule has 0 aromatic heterocycles. The zero-order chi connectivity index (χ0) is 8.04. The van der Waals surface area contributed by atoms with Crippen molar-refractivity contribution in [3.05, 3.63) is 0 Å². The number of hydrogen-bond acceptors (Lipinski definition) is 4. The zero-order valence-electron chi connectivity index (χ0n) is 5.87. The second kappa shape index (κ2) is 5.27. The molecule has 0 aliphatic rings. The van der Waals surface area contributed by atoms with Gasteiger partial charge in [0.2, 0.25) is 0 Å². The fraction of sp³-hybridized carbons (Fsp3) is 1.00. The maximum Gasteiger partial charge on any atom is 0.485 e. The molecule has 0 N–H and O–H groups in total. The minimum absolute atomic E-state index is 0.295. The van der Waals surface area contributed by atoms with Crippen LogP contribution in [0.5, 0.6) is 0 Å². The first-order valence-corrected chi connectivity index (χ1v) is 4.98. The zero-order valence-corrected chi connectivity index (χ0v) is 8.35. The van der Waals surface area contributed by atoms with Gasteiger partial charge in [0.25, 0.3) is 0 Å². The van der Waals surface area contributed by atoms with Gasteiger partial charge in [-0.3, -0.25) is 9.05 Å². The van der Waals surface area contributed by atoms with Crippen molar-refractivity contribution in [1.29, 1.82) is 0 Å². The van der Waals surface area contributed by atoms with Gasteiger partial charge in [0.15, 0.2) is 0 Å². The van der Waals surface area contributed by atoms with Crippen molar-refractivity contribution < 1.29 is 17.2 Å². The Morgan fingerprint density at radius 3 is 1.90 bits per heavy atom. The highest BCUT2D eigenvalue weighted by Crippen LogP contribution is 2.50. The van der Waals surface area contributed by atoms with Crippen molar-refractivity contribution in [2.45, 2.75) is 13.8 Å². The van der Waals surface area contributed by atoms with Gasteiger partial charge in [-0.25, -0.2) is 8.18 Å². The van der Waals surface area contributed by atoms with E-state index in [-0.39, 0.29) is 0 Å². The lowest BCUT2D eigenvalue weighted by molar-refractivity contribution is 0.178. The lowest BCUT2D eigenvalue weighted by Gasteiger charge is -2.10. The summed E-state index contributed by atoms with van der Waals surface area (Å²) in [5.74, 6) is 0. The molecule has 62 valence electrons. The molecule has 6 heteroatoms. The average Bonchev–Trinajstić information content (AvgIpc) is 1.89. The second-order valence-electron chi connectivity index (χ2n) is 1.35. The van der Waals surface area contributed by atoms with Crippen LogP contribution < -0.4 is 0 Å². The standard InChI is InChI=1S/C4H10BrO4P/c1-3-7-10(6,9-5)8-4-2/h3-4H2,1-2H3. The average molecular weight is 233 g/mol. The first-order chi connectivity index (χ1) is 4.68. The SMILES string of the molecule is CCOP(=O)(OBr)OCC. The summed E-state index contributed by atoms with van der Waals surface area (Å²) in [5, 5.41) is 0. The van der Waals surface area contributed by atoms with Crippen LogP contribution in [-0.2, 0) is 17.2 Å². The van der Waals surface area contributed by atoms with Crippen LogP contribution in [0.15, 0.2) is 0 Å². The van der Waals surface area contributed by atoms with Crippen LogP contribution in [0.25, 0.3) is 0 Å². The minimum Gasteiger partial charge on any atom is -0.287 e.